The van der Waals surface area contributed by atoms with E-state index in [1.807, 2.05) is 0 Å². The summed E-state index contributed by atoms with van der Waals surface area (Å²) in [5.41, 5.74) is 4.93. The smallest absolute Gasteiger partial charge is 0.0323 e. The van der Waals surface area contributed by atoms with Crippen molar-refractivity contribution in [3.05, 3.63) is 34.9 Å². The fourth-order valence-electron chi connectivity index (χ4n) is 2.95. The molecule has 0 amide bonds. The monoisotopic (exact) mass is 259 g/mol. The molecule has 1 aromatic carbocycles. The number of benzene rings is 1. The van der Waals surface area contributed by atoms with E-state index in [0.29, 0.717) is 11.5 Å². The van der Waals surface area contributed by atoms with Gasteiger partial charge < -0.3 is 5.32 Å². The van der Waals surface area contributed by atoms with E-state index in [9.17, 15) is 0 Å². The van der Waals surface area contributed by atoms with Gasteiger partial charge in [-0.3, -0.25) is 0 Å². The molecule has 0 saturated carbocycles. The molecule has 0 radical (unpaired) electrons. The van der Waals surface area contributed by atoms with Gasteiger partial charge in [0, 0.05) is 6.04 Å². The van der Waals surface area contributed by atoms with Crippen LogP contribution in [-0.2, 0) is 11.8 Å². The van der Waals surface area contributed by atoms with E-state index >= 15 is 0 Å². The predicted octanol–water partition coefficient (Wildman–Crippen LogP) is 4.75. The summed E-state index contributed by atoms with van der Waals surface area (Å²) >= 11 is 0. The van der Waals surface area contributed by atoms with Crippen LogP contribution in [0.1, 0.15) is 76.1 Å². The van der Waals surface area contributed by atoms with Gasteiger partial charge in [-0.15, -0.1) is 0 Å². The lowest BCUT2D eigenvalue weighted by atomic mass is 9.78. The highest BCUT2D eigenvalue weighted by Crippen LogP contribution is 2.34. The van der Waals surface area contributed by atoms with E-state index < -0.39 is 0 Å². The molecule has 1 N–H and O–H groups in total. The second-order valence-electron chi connectivity index (χ2n) is 6.55. The second-order valence-corrected chi connectivity index (χ2v) is 6.55. The summed E-state index contributed by atoms with van der Waals surface area (Å²) in [6.07, 6.45) is 6.28. The van der Waals surface area contributed by atoms with Crippen molar-refractivity contribution in [2.45, 2.75) is 71.3 Å². The Morgan fingerprint density at radius 3 is 2.74 bits per heavy atom. The van der Waals surface area contributed by atoms with E-state index in [1.165, 1.54) is 37.7 Å². The molecule has 1 aliphatic carbocycles. The van der Waals surface area contributed by atoms with Gasteiger partial charge >= 0.3 is 0 Å². The maximum Gasteiger partial charge on any atom is 0.0323 e. The van der Waals surface area contributed by atoms with Gasteiger partial charge in [-0.25, -0.2) is 0 Å². The molecule has 1 heteroatoms. The fourth-order valence-corrected chi connectivity index (χ4v) is 2.95. The van der Waals surface area contributed by atoms with Gasteiger partial charge in [0.1, 0.15) is 0 Å². The van der Waals surface area contributed by atoms with Gasteiger partial charge in [-0.2, -0.15) is 0 Å². The normalized spacial score (nSPS) is 19.3. The lowest BCUT2D eigenvalue weighted by molar-refractivity contribution is 0.455. The Hall–Kier alpha value is -0.820. The zero-order valence-electron chi connectivity index (χ0n) is 13.1. The molecule has 2 rings (SSSR count). The van der Waals surface area contributed by atoms with E-state index in [1.54, 1.807) is 11.1 Å². The highest BCUT2D eigenvalue weighted by atomic mass is 14.9. The average molecular weight is 259 g/mol. The van der Waals surface area contributed by atoms with Crippen LogP contribution in [0.3, 0.4) is 0 Å². The molecule has 1 atom stereocenters. The minimum absolute atomic E-state index is 0.293. The molecule has 0 heterocycles. The Morgan fingerprint density at radius 1 is 1.26 bits per heavy atom. The van der Waals surface area contributed by atoms with Crippen molar-refractivity contribution < 1.29 is 0 Å². The van der Waals surface area contributed by atoms with Crippen molar-refractivity contribution in [2.24, 2.45) is 0 Å². The molecule has 0 fully saturated rings. The summed E-state index contributed by atoms with van der Waals surface area (Å²) in [5, 5.41) is 3.72. The first-order valence-corrected chi connectivity index (χ1v) is 7.95. The van der Waals surface area contributed by atoms with Crippen molar-refractivity contribution in [2.75, 3.05) is 6.54 Å². The van der Waals surface area contributed by atoms with Crippen LogP contribution in [0.4, 0.5) is 0 Å². The predicted molar refractivity (Wildman–Crippen MR) is 83.7 cm³/mol. The number of fused-ring (bicyclic) bond motifs is 1. The lowest BCUT2D eigenvalue weighted by Crippen LogP contribution is -2.27. The van der Waals surface area contributed by atoms with E-state index in [-0.39, 0.29) is 0 Å². The lowest BCUT2D eigenvalue weighted by Gasteiger charge is -2.30. The van der Waals surface area contributed by atoms with Gasteiger partial charge in [0.05, 0.1) is 0 Å². The molecule has 1 nitrogen and oxygen atoms in total. The largest absolute Gasteiger partial charge is 0.310 e. The summed E-state index contributed by atoms with van der Waals surface area (Å²) in [4.78, 5) is 0. The first kappa shape index (κ1) is 14.6. The van der Waals surface area contributed by atoms with Crippen molar-refractivity contribution in [3.63, 3.8) is 0 Å². The number of aryl methyl sites for hydroxylation is 1. The molecule has 1 aromatic rings. The van der Waals surface area contributed by atoms with Crippen LogP contribution in [0, 0.1) is 0 Å². The van der Waals surface area contributed by atoms with Crippen LogP contribution in [0.2, 0.25) is 0 Å². The highest BCUT2D eigenvalue weighted by molar-refractivity contribution is 5.39. The summed E-state index contributed by atoms with van der Waals surface area (Å²) in [7, 11) is 0. The zero-order valence-corrected chi connectivity index (χ0v) is 13.1. The molecular formula is C18H29N. The summed E-state index contributed by atoms with van der Waals surface area (Å²) < 4.78 is 0. The molecule has 0 saturated heterocycles. The Labute approximate surface area is 118 Å². The molecule has 0 bridgehead atoms. The van der Waals surface area contributed by atoms with E-state index in [2.05, 4.69) is 51.2 Å². The van der Waals surface area contributed by atoms with Crippen molar-refractivity contribution in [3.8, 4) is 0 Å². The molecule has 1 aliphatic rings. The van der Waals surface area contributed by atoms with Crippen LogP contribution in [-0.4, -0.2) is 6.54 Å². The Balaban J connectivity index is 2.30. The minimum Gasteiger partial charge on any atom is -0.310 e. The third-order valence-corrected chi connectivity index (χ3v) is 4.77. The maximum absolute atomic E-state index is 3.72. The average Bonchev–Trinajstić information content (AvgIpc) is 2.44. The van der Waals surface area contributed by atoms with Crippen LogP contribution in [0.15, 0.2) is 18.2 Å². The topological polar surface area (TPSA) is 12.0 Å². The molecular weight excluding hydrogens is 230 g/mol. The van der Waals surface area contributed by atoms with Crippen molar-refractivity contribution >= 4 is 0 Å². The first-order chi connectivity index (χ1) is 9.08. The third-order valence-electron chi connectivity index (χ3n) is 4.77. The van der Waals surface area contributed by atoms with Crippen LogP contribution in [0.25, 0.3) is 0 Å². The zero-order chi connectivity index (χ0) is 13.9. The third kappa shape index (κ3) is 3.20. The van der Waals surface area contributed by atoms with Gasteiger partial charge in [-0.05, 0) is 60.8 Å². The SMILES string of the molecule is CCCNC1CCCc2ccc(C(C)(C)CC)cc21. The molecule has 106 valence electrons. The molecule has 0 aromatic heterocycles. The standard InChI is InChI=1S/C18H29N/c1-5-12-19-17-9-7-8-14-10-11-15(13-16(14)17)18(3,4)6-2/h10-11,13,17,19H,5-9,12H2,1-4H3. The second kappa shape index (κ2) is 6.09. The number of nitrogens with one attached hydrogen (secondary N) is 1. The van der Waals surface area contributed by atoms with Gasteiger partial charge in [0.25, 0.3) is 0 Å². The fraction of sp³-hybridized carbons (Fsp3) is 0.667. The quantitative estimate of drug-likeness (QED) is 0.804. The highest BCUT2D eigenvalue weighted by Gasteiger charge is 2.24. The molecule has 0 spiro atoms. The van der Waals surface area contributed by atoms with Gasteiger partial charge in [0.15, 0.2) is 0 Å². The first-order valence-electron chi connectivity index (χ1n) is 7.95. The Bertz CT molecular complexity index is 420. The van der Waals surface area contributed by atoms with Crippen LogP contribution >= 0.6 is 0 Å². The molecule has 19 heavy (non-hydrogen) atoms. The Kier molecular flexibility index (Phi) is 4.67. The molecule has 0 aliphatic heterocycles. The maximum atomic E-state index is 3.72. The van der Waals surface area contributed by atoms with E-state index in [4.69, 9.17) is 0 Å². The molecule has 1 unspecified atom stereocenters. The van der Waals surface area contributed by atoms with Gasteiger partial charge in [0.2, 0.25) is 0 Å². The Morgan fingerprint density at radius 2 is 2.05 bits per heavy atom. The number of hydrogen-bond acceptors (Lipinski definition) is 1. The summed E-state index contributed by atoms with van der Waals surface area (Å²) in [5.74, 6) is 0. The number of hydrogen-bond donors (Lipinski definition) is 1. The van der Waals surface area contributed by atoms with E-state index in [0.717, 1.165) is 6.54 Å². The van der Waals surface area contributed by atoms with Crippen LogP contribution < -0.4 is 5.32 Å². The number of rotatable bonds is 5. The van der Waals surface area contributed by atoms with Gasteiger partial charge in [-0.1, -0.05) is 45.9 Å². The van der Waals surface area contributed by atoms with Crippen molar-refractivity contribution in [1.29, 1.82) is 0 Å². The van der Waals surface area contributed by atoms with Crippen LogP contribution in [0.5, 0.6) is 0 Å². The summed E-state index contributed by atoms with van der Waals surface area (Å²) in [6.45, 7) is 10.4. The minimum atomic E-state index is 0.293. The van der Waals surface area contributed by atoms with Crippen molar-refractivity contribution in [1.82, 2.24) is 5.32 Å². The summed E-state index contributed by atoms with van der Waals surface area (Å²) in [6, 6.07) is 7.79.